The van der Waals surface area contributed by atoms with E-state index in [-0.39, 0.29) is 5.56 Å². The van der Waals surface area contributed by atoms with Gasteiger partial charge in [-0.2, -0.15) is 0 Å². The molecule has 2 rings (SSSR count). The minimum absolute atomic E-state index is 0.00938. The van der Waals surface area contributed by atoms with E-state index >= 15 is 0 Å². The van der Waals surface area contributed by atoms with Crippen molar-refractivity contribution in [3.8, 4) is 0 Å². The summed E-state index contributed by atoms with van der Waals surface area (Å²) >= 11 is 0. The largest absolute Gasteiger partial charge is 0.398 e. The number of aromatic nitrogens is 1. The summed E-state index contributed by atoms with van der Waals surface area (Å²) in [4.78, 5) is 16.3. The summed E-state index contributed by atoms with van der Waals surface area (Å²) in [5.41, 5.74) is 5.67. The number of aliphatic hydroxyl groups is 1. The molecule has 3 N–H and O–H groups in total. The zero-order valence-electron chi connectivity index (χ0n) is 13.0. The van der Waals surface area contributed by atoms with Gasteiger partial charge >= 0.3 is 0 Å². The molecule has 1 aromatic heterocycles. The molecule has 6 heteroatoms. The summed E-state index contributed by atoms with van der Waals surface area (Å²) in [6.07, 6.45) is 1.70. The van der Waals surface area contributed by atoms with Crippen LogP contribution in [0.5, 0.6) is 0 Å². The maximum atomic E-state index is 11.7. The van der Waals surface area contributed by atoms with Crippen molar-refractivity contribution in [2.24, 2.45) is 0 Å². The van der Waals surface area contributed by atoms with E-state index in [0.717, 1.165) is 32.7 Å². The van der Waals surface area contributed by atoms with Crippen LogP contribution in [0.2, 0.25) is 0 Å². The van der Waals surface area contributed by atoms with Gasteiger partial charge in [-0.1, -0.05) is 0 Å². The monoisotopic (exact) mass is 294 g/mol. The van der Waals surface area contributed by atoms with Crippen LogP contribution < -0.4 is 11.3 Å². The first-order chi connectivity index (χ1) is 9.83. The third-order valence-electron chi connectivity index (χ3n) is 3.74. The molecular weight excluding hydrogens is 268 g/mol. The van der Waals surface area contributed by atoms with Gasteiger partial charge in [-0.15, -0.1) is 0 Å². The van der Waals surface area contributed by atoms with E-state index in [1.54, 1.807) is 16.8 Å². The predicted octanol–water partition coefficient (Wildman–Crippen LogP) is -0.181. The number of pyridine rings is 1. The standard InChI is InChI=1S/C15H26N4O2/c1-15(2,21)12-18-7-5-17(6-8-18)9-10-19-11-13(16)3-4-14(19)20/h3-4,11,21H,5-10,12,16H2,1-2H3. The van der Waals surface area contributed by atoms with Crippen molar-refractivity contribution in [3.63, 3.8) is 0 Å². The SMILES string of the molecule is CC(C)(O)CN1CCN(CCn2cc(N)ccc2=O)CC1. The first-order valence-electron chi connectivity index (χ1n) is 7.46. The molecule has 21 heavy (non-hydrogen) atoms. The maximum Gasteiger partial charge on any atom is 0.250 e. The molecule has 0 bridgehead atoms. The normalized spacial score (nSPS) is 18.0. The molecule has 0 aliphatic carbocycles. The highest BCUT2D eigenvalue weighted by Crippen LogP contribution is 2.08. The summed E-state index contributed by atoms with van der Waals surface area (Å²) in [5.74, 6) is 0. The molecule has 118 valence electrons. The van der Waals surface area contributed by atoms with E-state index in [0.29, 0.717) is 18.8 Å². The number of piperazine rings is 1. The van der Waals surface area contributed by atoms with Gasteiger partial charge in [0, 0.05) is 63.8 Å². The Bertz CT molecular complexity index is 513. The van der Waals surface area contributed by atoms with Crippen LogP contribution >= 0.6 is 0 Å². The summed E-state index contributed by atoms with van der Waals surface area (Å²) in [6, 6.07) is 3.14. The number of anilines is 1. The topological polar surface area (TPSA) is 74.7 Å². The number of nitrogens with zero attached hydrogens (tertiary/aromatic N) is 3. The second kappa shape index (κ2) is 6.60. The average Bonchev–Trinajstić information content (AvgIpc) is 2.40. The van der Waals surface area contributed by atoms with Crippen LogP contribution in [0.4, 0.5) is 5.69 Å². The third-order valence-corrected chi connectivity index (χ3v) is 3.74. The fourth-order valence-electron chi connectivity index (χ4n) is 2.69. The van der Waals surface area contributed by atoms with Crippen molar-refractivity contribution >= 4 is 5.69 Å². The van der Waals surface area contributed by atoms with Crippen molar-refractivity contribution in [3.05, 3.63) is 28.7 Å². The van der Waals surface area contributed by atoms with Crippen molar-refractivity contribution < 1.29 is 5.11 Å². The number of nitrogen functional groups attached to an aromatic ring is 1. The molecule has 0 radical (unpaired) electrons. The highest BCUT2D eigenvalue weighted by molar-refractivity contribution is 5.33. The number of β-amino-alcohol motifs (C(OH)–C–C–N with tert-alkyl or cyclic N) is 1. The predicted molar refractivity (Wildman–Crippen MR) is 84.3 cm³/mol. The van der Waals surface area contributed by atoms with Gasteiger partial charge in [-0.3, -0.25) is 14.6 Å². The molecule has 0 amide bonds. The lowest BCUT2D eigenvalue weighted by atomic mass is 10.1. The highest BCUT2D eigenvalue weighted by Gasteiger charge is 2.22. The first-order valence-corrected chi connectivity index (χ1v) is 7.46. The van der Waals surface area contributed by atoms with E-state index in [9.17, 15) is 9.90 Å². The van der Waals surface area contributed by atoms with Crippen LogP contribution in [0.15, 0.2) is 23.1 Å². The lowest BCUT2D eigenvalue weighted by molar-refractivity contribution is 0.0174. The maximum absolute atomic E-state index is 11.7. The molecule has 0 unspecified atom stereocenters. The number of hydrogen-bond donors (Lipinski definition) is 2. The van der Waals surface area contributed by atoms with Gasteiger partial charge in [0.05, 0.1) is 5.60 Å². The molecule has 1 aromatic rings. The molecule has 2 heterocycles. The lowest BCUT2D eigenvalue weighted by Crippen LogP contribution is -2.51. The van der Waals surface area contributed by atoms with Crippen LogP contribution in [0.1, 0.15) is 13.8 Å². The van der Waals surface area contributed by atoms with Crippen LogP contribution in [-0.4, -0.2) is 64.3 Å². The summed E-state index contributed by atoms with van der Waals surface area (Å²) in [7, 11) is 0. The Kier molecular flexibility index (Phi) is 5.03. The molecule has 1 fully saturated rings. The van der Waals surface area contributed by atoms with Crippen molar-refractivity contribution in [1.29, 1.82) is 0 Å². The van der Waals surface area contributed by atoms with Gasteiger partial charge in [0.1, 0.15) is 0 Å². The summed E-state index contributed by atoms with van der Waals surface area (Å²) < 4.78 is 1.67. The smallest absolute Gasteiger partial charge is 0.250 e. The van der Waals surface area contributed by atoms with Crippen LogP contribution in [0.25, 0.3) is 0 Å². The molecule has 6 nitrogen and oxygen atoms in total. The van der Waals surface area contributed by atoms with E-state index in [1.807, 2.05) is 13.8 Å². The van der Waals surface area contributed by atoms with Gasteiger partial charge in [0.25, 0.3) is 5.56 Å². The summed E-state index contributed by atoms with van der Waals surface area (Å²) in [5, 5.41) is 9.84. The number of rotatable bonds is 5. The minimum Gasteiger partial charge on any atom is -0.398 e. The highest BCUT2D eigenvalue weighted by atomic mass is 16.3. The minimum atomic E-state index is -0.642. The van der Waals surface area contributed by atoms with Crippen molar-refractivity contribution in [2.75, 3.05) is 45.0 Å². The van der Waals surface area contributed by atoms with E-state index < -0.39 is 5.60 Å². The Morgan fingerprint density at radius 1 is 1.14 bits per heavy atom. The Hall–Kier alpha value is -1.37. The average molecular weight is 294 g/mol. The van der Waals surface area contributed by atoms with Crippen molar-refractivity contribution in [1.82, 2.24) is 14.4 Å². The molecule has 1 aliphatic heterocycles. The lowest BCUT2D eigenvalue weighted by Gasteiger charge is -2.37. The van der Waals surface area contributed by atoms with Gasteiger partial charge < -0.3 is 15.4 Å². The Morgan fingerprint density at radius 3 is 2.38 bits per heavy atom. The van der Waals surface area contributed by atoms with Crippen LogP contribution in [0.3, 0.4) is 0 Å². The van der Waals surface area contributed by atoms with Gasteiger partial charge in [-0.05, 0) is 19.9 Å². The number of hydrogen-bond acceptors (Lipinski definition) is 5. The van der Waals surface area contributed by atoms with Crippen LogP contribution in [0, 0.1) is 0 Å². The van der Waals surface area contributed by atoms with Gasteiger partial charge in [0.2, 0.25) is 0 Å². The second-order valence-electron chi connectivity index (χ2n) is 6.42. The van der Waals surface area contributed by atoms with E-state index in [1.165, 1.54) is 6.07 Å². The second-order valence-corrected chi connectivity index (χ2v) is 6.42. The fraction of sp³-hybridized carbons (Fsp3) is 0.667. The molecule has 0 saturated carbocycles. The van der Waals surface area contributed by atoms with Crippen LogP contribution in [-0.2, 0) is 6.54 Å². The molecular formula is C15H26N4O2. The third kappa shape index (κ3) is 5.15. The molecule has 0 aromatic carbocycles. The Morgan fingerprint density at radius 2 is 1.76 bits per heavy atom. The molecule has 0 spiro atoms. The summed E-state index contributed by atoms with van der Waals surface area (Å²) in [6.45, 7) is 9.73. The first kappa shape index (κ1) is 16.0. The Labute approximate surface area is 125 Å². The number of nitrogens with two attached hydrogens (primary N) is 1. The van der Waals surface area contributed by atoms with E-state index in [2.05, 4.69) is 9.80 Å². The molecule has 0 atom stereocenters. The zero-order chi connectivity index (χ0) is 15.5. The fourth-order valence-corrected chi connectivity index (χ4v) is 2.69. The molecule has 1 saturated heterocycles. The van der Waals surface area contributed by atoms with E-state index in [4.69, 9.17) is 5.73 Å². The van der Waals surface area contributed by atoms with Gasteiger partial charge in [-0.25, -0.2) is 0 Å². The molecule has 1 aliphatic rings. The quantitative estimate of drug-likeness (QED) is 0.788. The zero-order valence-corrected chi connectivity index (χ0v) is 13.0. The Balaban J connectivity index is 1.79. The van der Waals surface area contributed by atoms with Crippen molar-refractivity contribution in [2.45, 2.75) is 26.0 Å². The van der Waals surface area contributed by atoms with Gasteiger partial charge in [0.15, 0.2) is 0 Å².